The highest BCUT2D eigenvalue weighted by atomic mass is 35.5. The summed E-state index contributed by atoms with van der Waals surface area (Å²) in [7, 11) is -3.51. The maximum absolute atomic E-state index is 12.7. The molecule has 0 radical (unpaired) electrons. The minimum atomic E-state index is -3.51. The molecule has 2 aromatic heterocycles. The van der Waals surface area contributed by atoms with Crippen LogP contribution >= 0.6 is 22.9 Å². The van der Waals surface area contributed by atoms with E-state index in [0.29, 0.717) is 15.6 Å². The van der Waals surface area contributed by atoms with Crippen LogP contribution in [0.3, 0.4) is 0 Å². The number of halogens is 1. The molecule has 6 nitrogen and oxygen atoms in total. The Kier molecular flexibility index (Phi) is 4.38. The average Bonchev–Trinajstić information content (AvgIpc) is 2.95. The third-order valence-electron chi connectivity index (χ3n) is 4.55. The first kappa shape index (κ1) is 18.8. The van der Waals surface area contributed by atoms with E-state index in [-0.39, 0.29) is 11.6 Å². The van der Waals surface area contributed by atoms with E-state index in [1.807, 2.05) is 0 Å². The van der Waals surface area contributed by atoms with Crippen molar-refractivity contribution in [3.8, 4) is 10.4 Å². The Bertz CT molecular complexity index is 1070. The van der Waals surface area contributed by atoms with Crippen molar-refractivity contribution >= 4 is 44.3 Å². The van der Waals surface area contributed by atoms with Crippen LogP contribution in [0.25, 0.3) is 15.3 Å². The quantitative estimate of drug-likeness (QED) is 0.765. The summed E-state index contributed by atoms with van der Waals surface area (Å²) in [4.78, 5) is 13.4. The predicted molar refractivity (Wildman–Crippen MR) is 106 cm³/mol. The summed E-state index contributed by atoms with van der Waals surface area (Å²) >= 11 is 7.77. The number of aromatic nitrogens is 1. The van der Waals surface area contributed by atoms with Crippen molar-refractivity contribution in [3.63, 3.8) is 0 Å². The highest BCUT2D eigenvalue weighted by Crippen LogP contribution is 2.45. The zero-order chi connectivity index (χ0) is 19.3. The number of nitrogens with two attached hydrogens (primary N) is 1. The second kappa shape index (κ2) is 6.05. The smallest absolute Gasteiger partial charge is 0.205 e. The molecule has 1 aliphatic heterocycles. The van der Waals surface area contributed by atoms with E-state index in [0.717, 1.165) is 10.4 Å². The van der Waals surface area contributed by atoms with Crippen LogP contribution in [-0.4, -0.2) is 29.7 Å². The molecule has 0 aliphatic carbocycles. The van der Waals surface area contributed by atoms with Gasteiger partial charge in [0.25, 0.3) is 0 Å². The van der Waals surface area contributed by atoms with Gasteiger partial charge in [0.1, 0.15) is 16.1 Å². The first-order valence-electron chi connectivity index (χ1n) is 7.71. The van der Waals surface area contributed by atoms with Gasteiger partial charge in [0, 0.05) is 17.3 Å². The van der Waals surface area contributed by atoms with Gasteiger partial charge in [0.05, 0.1) is 22.2 Å². The highest BCUT2D eigenvalue weighted by Gasteiger charge is 2.49. The lowest BCUT2D eigenvalue weighted by molar-refractivity contribution is 0.507. The Morgan fingerprint density at radius 3 is 2.62 bits per heavy atom. The lowest BCUT2D eigenvalue weighted by atomic mass is 10.0. The SMILES string of the molecule is [C-]#[N+]c1cncc(-c2cc(Cl)c([C@]3(C)CS(=O)(=O)C(C)(C)C(N)=N3)s2)c1. The average molecular weight is 409 g/mol. The molecule has 0 spiro atoms. The van der Waals surface area contributed by atoms with Crippen LogP contribution in [0.4, 0.5) is 5.69 Å². The van der Waals surface area contributed by atoms with Crippen molar-refractivity contribution in [1.82, 2.24) is 4.98 Å². The van der Waals surface area contributed by atoms with E-state index in [1.54, 1.807) is 39.1 Å². The van der Waals surface area contributed by atoms with Gasteiger partial charge in [0.15, 0.2) is 9.84 Å². The molecule has 0 aromatic carbocycles. The van der Waals surface area contributed by atoms with E-state index >= 15 is 0 Å². The molecule has 1 aliphatic rings. The summed E-state index contributed by atoms with van der Waals surface area (Å²) < 4.78 is 24.3. The van der Waals surface area contributed by atoms with Crippen molar-refractivity contribution in [2.45, 2.75) is 31.1 Å². The second-order valence-corrected chi connectivity index (χ2v) is 10.9. The van der Waals surface area contributed by atoms with E-state index in [1.165, 1.54) is 17.5 Å². The van der Waals surface area contributed by atoms with Gasteiger partial charge >= 0.3 is 0 Å². The summed E-state index contributed by atoms with van der Waals surface area (Å²) in [5.41, 5.74) is 6.11. The number of rotatable bonds is 2. The molecule has 136 valence electrons. The topological polar surface area (TPSA) is 89.8 Å². The fourth-order valence-electron chi connectivity index (χ4n) is 2.76. The number of thiophene rings is 1. The minimum Gasteiger partial charge on any atom is -0.386 e. The number of hydrogen-bond acceptors (Lipinski definition) is 6. The molecular weight excluding hydrogens is 392 g/mol. The Morgan fingerprint density at radius 2 is 2.00 bits per heavy atom. The predicted octanol–water partition coefficient (Wildman–Crippen LogP) is 3.79. The molecule has 3 rings (SSSR count). The summed E-state index contributed by atoms with van der Waals surface area (Å²) in [6.07, 6.45) is 3.12. The maximum atomic E-state index is 12.7. The van der Waals surface area contributed by atoms with Crippen LogP contribution in [0.2, 0.25) is 5.02 Å². The number of pyridine rings is 1. The Balaban J connectivity index is 2.13. The molecule has 3 heterocycles. The van der Waals surface area contributed by atoms with Crippen LogP contribution in [0.1, 0.15) is 25.6 Å². The van der Waals surface area contributed by atoms with Gasteiger partial charge in [-0.15, -0.1) is 11.3 Å². The Hall–Kier alpha value is -1.95. The Morgan fingerprint density at radius 1 is 1.31 bits per heavy atom. The fourth-order valence-corrected chi connectivity index (χ4v) is 6.14. The standard InChI is InChI=1S/C17H17ClN4O2S2/c1-16(2)15(19)22-17(3,9-26(16,23)24)14-12(18)6-13(25-14)10-5-11(20-4)8-21-7-10/h5-8H,9H2,1-3H3,(H2,19,22)/t17-/m0/s1. The van der Waals surface area contributed by atoms with E-state index in [9.17, 15) is 8.42 Å². The number of hydrogen-bond donors (Lipinski definition) is 1. The molecule has 0 unspecified atom stereocenters. The summed E-state index contributed by atoms with van der Waals surface area (Å²) in [6.45, 7) is 12.0. The van der Waals surface area contributed by atoms with E-state index in [4.69, 9.17) is 23.9 Å². The van der Waals surface area contributed by atoms with Crippen LogP contribution in [0.15, 0.2) is 29.5 Å². The van der Waals surface area contributed by atoms with Crippen molar-refractivity contribution in [1.29, 1.82) is 0 Å². The molecule has 2 aromatic rings. The zero-order valence-corrected chi connectivity index (χ0v) is 16.8. The lowest BCUT2D eigenvalue weighted by Crippen LogP contribution is -2.54. The molecule has 26 heavy (non-hydrogen) atoms. The summed E-state index contributed by atoms with van der Waals surface area (Å²) in [5, 5.41) is 0.423. The van der Waals surface area contributed by atoms with Crippen LogP contribution in [0, 0.1) is 6.57 Å². The van der Waals surface area contributed by atoms with Crippen molar-refractivity contribution < 1.29 is 8.42 Å². The fraction of sp³-hybridized carbons (Fsp3) is 0.353. The molecule has 0 saturated carbocycles. The van der Waals surface area contributed by atoms with Crippen LogP contribution in [0.5, 0.6) is 0 Å². The molecule has 0 bridgehead atoms. The first-order valence-corrected chi connectivity index (χ1v) is 10.6. The van der Waals surface area contributed by atoms with Crippen LogP contribution < -0.4 is 5.73 Å². The lowest BCUT2D eigenvalue weighted by Gasteiger charge is -2.37. The molecular formula is C17H17ClN4O2S2. The summed E-state index contributed by atoms with van der Waals surface area (Å²) in [5.74, 6) is -0.0952. The monoisotopic (exact) mass is 408 g/mol. The second-order valence-electron chi connectivity index (χ2n) is 6.87. The van der Waals surface area contributed by atoms with Crippen molar-refractivity contribution in [2.24, 2.45) is 10.7 Å². The molecule has 1 atom stereocenters. The minimum absolute atomic E-state index is 0.0777. The van der Waals surface area contributed by atoms with Gasteiger partial charge in [0.2, 0.25) is 5.69 Å². The van der Waals surface area contributed by atoms with E-state index in [2.05, 4.69) is 14.8 Å². The van der Waals surface area contributed by atoms with Crippen molar-refractivity contribution in [2.75, 3.05) is 5.75 Å². The molecule has 0 saturated heterocycles. The highest BCUT2D eigenvalue weighted by molar-refractivity contribution is 7.93. The van der Waals surface area contributed by atoms with Gasteiger partial charge < -0.3 is 5.73 Å². The van der Waals surface area contributed by atoms with Gasteiger partial charge in [-0.3, -0.25) is 9.98 Å². The molecule has 2 N–H and O–H groups in total. The number of aliphatic imine (C=N–C) groups is 1. The van der Waals surface area contributed by atoms with E-state index < -0.39 is 20.1 Å². The number of amidine groups is 1. The normalized spacial score (nSPS) is 23.9. The first-order chi connectivity index (χ1) is 12.0. The zero-order valence-electron chi connectivity index (χ0n) is 14.4. The van der Waals surface area contributed by atoms with Gasteiger partial charge in [-0.05, 0) is 38.5 Å². The van der Waals surface area contributed by atoms with Crippen LogP contribution in [-0.2, 0) is 15.4 Å². The number of nitrogens with zero attached hydrogens (tertiary/aromatic N) is 3. The van der Waals surface area contributed by atoms with Gasteiger partial charge in [-0.1, -0.05) is 11.6 Å². The molecule has 0 amide bonds. The Labute approximate surface area is 161 Å². The summed E-state index contributed by atoms with van der Waals surface area (Å²) in [6, 6.07) is 3.46. The largest absolute Gasteiger partial charge is 0.386 e. The van der Waals surface area contributed by atoms with Gasteiger partial charge in [-0.25, -0.2) is 13.3 Å². The van der Waals surface area contributed by atoms with Crippen molar-refractivity contribution in [3.05, 3.63) is 45.8 Å². The van der Waals surface area contributed by atoms with Gasteiger partial charge in [-0.2, -0.15) is 0 Å². The third-order valence-corrected chi connectivity index (χ3v) is 9.10. The third kappa shape index (κ3) is 2.90. The molecule has 9 heteroatoms. The number of sulfone groups is 1. The molecule has 0 fully saturated rings. The maximum Gasteiger partial charge on any atom is 0.205 e.